The molecule has 1 N–H and O–H groups in total. The number of carbonyl (C=O) groups is 2. The molecule has 6 nitrogen and oxygen atoms in total. The lowest BCUT2D eigenvalue weighted by atomic mass is 10.1. The molecule has 1 heterocycles. The molecule has 0 aliphatic heterocycles. The fourth-order valence-corrected chi connectivity index (χ4v) is 3.80. The third-order valence-electron chi connectivity index (χ3n) is 4.21. The Balaban J connectivity index is 1.80. The maximum absolute atomic E-state index is 12.5. The average Bonchev–Trinajstić information content (AvgIpc) is 3.13. The number of nitrogens with zero attached hydrogens (tertiary/aromatic N) is 1. The van der Waals surface area contributed by atoms with E-state index in [2.05, 4.69) is 10.3 Å². The second-order valence-corrected chi connectivity index (χ2v) is 7.31. The summed E-state index contributed by atoms with van der Waals surface area (Å²) in [7, 11) is 1.61. The Kier molecular flexibility index (Phi) is 6.61. The number of aryl methyl sites for hydroxylation is 1. The maximum Gasteiger partial charge on any atom is 0.350 e. The molecule has 3 rings (SSSR count). The lowest BCUT2D eigenvalue weighted by Gasteiger charge is -2.07. The molecule has 0 bridgehead atoms. The van der Waals surface area contributed by atoms with Crippen LogP contribution in [0.3, 0.4) is 0 Å². The van der Waals surface area contributed by atoms with E-state index in [4.69, 9.17) is 9.47 Å². The van der Waals surface area contributed by atoms with Gasteiger partial charge in [0.15, 0.2) is 5.13 Å². The van der Waals surface area contributed by atoms with E-state index in [-0.39, 0.29) is 18.9 Å². The van der Waals surface area contributed by atoms with Crippen molar-refractivity contribution in [3.05, 3.63) is 64.5 Å². The van der Waals surface area contributed by atoms with Gasteiger partial charge >= 0.3 is 5.97 Å². The van der Waals surface area contributed by atoms with E-state index in [0.717, 1.165) is 33.8 Å². The normalized spacial score (nSPS) is 10.4. The first-order chi connectivity index (χ1) is 14.0. The minimum absolute atomic E-state index is 0.194. The number of rotatable bonds is 7. The first-order valence-electron chi connectivity index (χ1n) is 9.18. The highest BCUT2D eigenvalue weighted by molar-refractivity contribution is 7.18. The molecule has 0 saturated carbocycles. The molecule has 0 aliphatic rings. The molecular formula is C22H22N2O4S. The molecule has 0 spiro atoms. The molecule has 0 saturated heterocycles. The standard InChI is InChI=1S/C22H22N2O4S/c1-4-28-21(26)20-19(16-8-6-5-7-9-16)24-22(29-20)23-18(25)13-15-10-11-17(27-3)14(2)12-15/h5-12H,4,13H2,1-3H3,(H,23,24,25). The number of anilines is 1. The summed E-state index contributed by atoms with van der Waals surface area (Å²) in [5, 5.41) is 3.16. The number of ether oxygens (including phenoxy) is 2. The molecule has 29 heavy (non-hydrogen) atoms. The van der Waals surface area contributed by atoms with E-state index < -0.39 is 5.97 Å². The van der Waals surface area contributed by atoms with Crippen LogP contribution < -0.4 is 10.1 Å². The van der Waals surface area contributed by atoms with E-state index >= 15 is 0 Å². The number of nitrogens with one attached hydrogen (secondary N) is 1. The second-order valence-electron chi connectivity index (χ2n) is 6.31. The summed E-state index contributed by atoms with van der Waals surface area (Å²) in [6, 6.07) is 15.0. The Bertz CT molecular complexity index is 1010. The topological polar surface area (TPSA) is 77.5 Å². The number of carbonyl (C=O) groups excluding carboxylic acids is 2. The average molecular weight is 410 g/mol. The minimum atomic E-state index is -0.449. The molecule has 7 heteroatoms. The fraction of sp³-hybridized carbons (Fsp3) is 0.227. The molecule has 3 aromatic rings. The van der Waals surface area contributed by atoms with Gasteiger partial charge in [-0.05, 0) is 31.0 Å². The van der Waals surface area contributed by atoms with Crippen molar-refractivity contribution in [3.63, 3.8) is 0 Å². The quantitative estimate of drug-likeness (QED) is 0.581. The zero-order valence-electron chi connectivity index (χ0n) is 16.5. The molecule has 2 aromatic carbocycles. The molecule has 1 aromatic heterocycles. The third-order valence-corrected chi connectivity index (χ3v) is 5.16. The smallest absolute Gasteiger partial charge is 0.350 e. The predicted octanol–water partition coefficient (Wildman–Crippen LogP) is 4.49. The maximum atomic E-state index is 12.5. The lowest BCUT2D eigenvalue weighted by molar-refractivity contribution is -0.115. The Morgan fingerprint density at radius 2 is 1.90 bits per heavy atom. The molecule has 150 valence electrons. The van der Waals surface area contributed by atoms with Crippen molar-refractivity contribution in [3.8, 4) is 17.0 Å². The number of aromatic nitrogens is 1. The number of hydrogen-bond acceptors (Lipinski definition) is 6. The highest BCUT2D eigenvalue weighted by atomic mass is 32.1. The van der Waals surface area contributed by atoms with Crippen LogP contribution in [0.5, 0.6) is 5.75 Å². The Labute approximate surface area is 173 Å². The van der Waals surface area contributed by atoms with Crippen LogP contribution in [-0.4, -0.2) is 30.6 Å². The van der Waals surface area contributed by atoms with Gasteiger partial charge in [0.1, 0.15) is 10.6 Å². The molecule has 0 fully saturated rings. The number of amides is 1. The van der Waals surface area contributed by atoms with Gasteiger partial charge in [-0.2, -0.15) is 0 Å². The van der Waals surface area contributed by atoms with E-state index in [9.17, 15) is 9.59 Å². The fourth-order valence-electron chi connectivity index (χ4n) is 2.90. The highest BCUT2D eigenvalue weighted by Crippen LogP contribution is 2.32. The molecule has 0 aliphatic carbocycles. The van der Waals surface area contributed by atoms with Gasteiger partial charge in [-0.25, -0.2) is 9.78 Å². The molecule has 1 amide bonds. The van der Waals surface area contributed by atoms with Crippen LogP contribution in [0, 0.1) is 6.92 Å². The number of hydrogen-bond donors (Lipinski definition) is 1. The van der Waals surface area contributed by atoms with E-state index in [1.54, 1.807) is 14.0 Å². The third kappa shape index (κ3) is 5.00. The second kappa shape index (κ2) is 9.34. The SMILES string of the molecule is CCOC(=O)c1sc(NC(=O)Cc2ccc(OC)c(C)c2)nc1-c1ccccc1. The number of methoxy groups -OCH3 is 1. The summed E-state index contributed by atoms with van der Waals surface area (Å²) in [6.07, 6.45) is 0.194. The summed E-state index contributed by atoms with van der Waals surface area (Å²) in [5.74, 6) is 0.120. The van der Waals surface area contributed by atoms with Gasteiger partial charge in [-0.3, -0.25) is 4.79 Å². The lowest BCUT2D eigenvalue weighted by Crippen LogP contribution is -2.14. The van der Waals surface area contributed by atoms with Crippen LogP contribution in [0.2, 0.25) is 0 Å². The number of esters is 1. The summed E-state index contributed by atoms with van der Waals surface area (Å²) in [5.41, 5.74) is 3.12. The highest BCUT2D eigenvalue weighted by Gasteiger charge is 2.21. The first-order valence-corrected chi connectivity index (χ1v) is 10.00. The van der Waals surface area contributed by atoms with E-state index in [0.29, 0.717) is 15.7 Å². The van der Waals surface area contributed by atoms with E-state index in [1.165, 1.54) is 0 Å². The summed E-state index contributed by atoms with van der Waals surface area (Å²) < 4.78 is 10.4. The monoisotopic (exact) mass is 410 g/mol. The van der Waals surface area contributed by atoms with Gasteiger partial charge in [-0.15, -0.1) is 0 Å². The van der Waals surface area contributed by atoms with E-state index in [1.807, 2.05) is 55.5 Å². The zero-order chi connectivity index (χ0) is 20.8. The largest absolute Gasteiger partial charge is 0.496 e. The van der Waals surface area contributed by atoms with Crippen LogP contribution >= 0.6 is 11.3 Å². The Morgan fingerprint density at radius 1 is 1.14 bits per heavy atom. The minimum Gasteiger partial charge on any atom is -0.496 e. The van der Waals surface area contributed by atoms with Crippen LogP contribution in [0.4, 0.5) is 5.13 Å². The van der Waals surface area contributed by atoms with Gasteiger partial charge < -0.3 is 14.8 Å². The van der Waals surface area contributed by atoms with Crippen molar-refractivity contribution in [2.24, 2.45) is 0 Å². The van der Waals surface area contributed by atoms with Crippen LogP contribution in [-0.2, 0) is 16.0 Å². The van der Waals surface area contributed by atoms with Crippen molar-refractivity contribution in [1.29, 1.82) is 0 Å². The molecule has 0 unspecified atom stereocenters. The molecular weight excluding hydrogens is 388 g/mol. The predicted molar refractivity (Wildman–Crippen MR) is 114 cm³/mol. The van der Waals surface area contributed by atoms with Crippen LogP contribution in [0.25, 0.3) is 11.3 Å². The first kappa shape index (κ1) is 20.5. The summed E-state index contributed by atoms with van der Waals surface area (Å²) in [4.78, 5) is 29.7. The van der Waals surface area contributed by atoms with Crippen LogP contribution in [0.15, 0.2) is 48.5 Å². The van der Waals surface area contributed by atoms with Gasteiger partial charge in [0.05, 0.1) is 25.8 Å². The molecule has 0 radical (unpaired) electrons. The Hall–Kier alpha value is -3.19. The van der Waals surface area contributed by atoms with Crippen molar-refractivity contribution in [2.45, 2.75) is 20.3 Å². The van der Waals surface area contributed by atoms with Gasteiger partial charge in [-0.1, -0.05) is 53.8 Å². The number of benzene rings is 2. The van der Waals surface area contributed by atoms with Gasteiger partial charge in [0, 0.05) is 5.56 Å². The summed E-state index contributed by atoms with van der Waals surface area (Å²) >= 11 is 1.11. The van der Waals surface area contributed by atoms with Crippen LogP contribution in [0.1, 0.15) is 27.7 Å². The molecule has 0 atom stereocenters. The van der Waals surface area contributed by atoms with Crippen molar-refractivity contribution < 1.29 is 19.1 Å². The van der Waals surface area contributed by atoms with Crippen molar-refractivity contribution >= 4 is 28.3 Å². The summed E-state index contributed by atoms with van der Waals surface area (Å²) in [6.45, 7) is 3.95. The Morgan fingerprint density at radius 3 is 2.55 bits per heavy atom. The zero-order valence-corrected chi connectivity index (χ0v) is 17.3. The van der Waals surface area contributed by atoms with Gasteiger partial charge in [0.25, 0.3) is 0 Å². The number of thiazole rings is 1. The van der Waals surface area contributed by atoms with Crippen molar-refractivity contribution in [1.82, 2.24) is 4.98 Å². The van der Waals surface area contributed by atoms with Crippen molar-refractivity contribution in [2.75, 3.05) is 19.0 Å². The van der Waals surface area contributed by atoms with Gasteiger partial charge in [0.2, 0.25) is 5.91 Å².